The van der Waals surface area contributed by atoms with Gasteiger partial charge < -0.3 is 9.84 Å². The zero-order valence-electron chi connectivity index (χ0n) is 12.4. The third kappa shape index (κ3) is 4.71. The monoisotopic (exact) mass is 315 g/mol. The van der Waals surface area contributed by atoms with Gasteiger partial charge in [0.05, 0.1) is 13.0 Å². The topological polar surface area (TPSA) is 92.7 Å². The van der Waals surface area contributed by atoms with Crippen molar-refractivity contribution in [2.24, 2.45) is 5.92 Å². The number of hydrogen-bond donors (Lipinski definition) is 2. The van der Waals surface area contributed by atoms with Crippen molar-refractivity contribution in [2.45, 2.75) is 31.6 Å². The molecule has 0 aromatic heterocycles. The zero-order valence-corrected chi connectivity index (χ0v) is 13.2. The van der Waals surface area contributed by atoms with Crippen molar-refractivity contribution in [3.05, 3.63) is 23.8 Å². The summed E-state index contributed by atoms with van der Waals surface area (Å²) in [4.78, 5) is 11.1. The summed E-state index contributed by atoms with van der Waals surface area (Å²) in [5.41, 5.74) is 0.777. The SMILES string of the molecule is CCCC(CNS(=O)(=O)c1cc(C)ccc1OC)C(=O)O. The van der Waals surface area contributed by atoms with Crippen molar-refractivity contribution in [1.29, 1.82) is 0 Å². The number of aryl methyl sites for hydroxylation is 1. The molecule has 21 heavy (non-hydrogen) atoms. The molecule has 0 radical (unpaired) electrons. The average Bonchev–Trinajstić information content (AvgIpc) is 2.43. The molecule has 0 heterocycles. The number of nitrogens with one attached hydrogen (secondary N) is 1. The fourth-order valence-corrected chi connectivity index (χ4v) is 3.28. The molecule has 0 fully saturated rings. The number of rotatable bonds is 8. The molecule has 2 N–H and O–H groups in total. The summed E-state index contributed by atoms with van der Waals surface area (Å²) >= 11 is 0. The molecule has 1 aromatic rings. The fourth-order valence-electron chi connectivity index (χ4n) is 1.94. The van der Waals surface area contributed by atoms with E-state index in [2.05, 4.69) is 4.72 Å². The number of sulfonamides is 1. The Morgan fingerprint density at radius 3 is 2.62 bits per heavy atom. The standard InChI is InChI=1S/C14H21NO5S/c1-4-5-11(14(16)17)9-15-21(18,19)13-8-10(2)6-7-12(13)20-3/h6-8,11,15H,4-5,9H2,1-3H3,(H,16,17). The largest absolute Gasteiger partial charge is 0.495 e. The fraction of sp³-hybridized carbons (Fsp3) is 0.500. The Hall–Kier alpha value is -1.60. The first-order chi connectivity index (χ1) is 9.81. The third-order valence-corrected chi connectivity index (χ3v) is 4.56. The molecule has 0 bridgehead atoms. The highest BCUT2D eigenvalue weighted by atomic mass is 32.2. The Kier molecular flexibility index (Phi) is 6.17. The number of aliphatic carboxylic acids is 1. The second kappa shape index (κ2) is 7.42. The minimum absolute atomic E-state index is 0.0191. The van der Waals surface area contributed by atoms with Crippen LogP contribution >= 0.6 is 0 Å². The van der Waals surface area contributed by atoms with Crippen LogP contribution < -0.4 is 9.46 Å². The van der Waals surface area contributed by atoms with Gasteiger partial charge in [0, 0.05) is 6.54 Å². The van der Waals surface area contributed by atoms with E-state index in [-0.39, 0.29) is 17.2 Å². The average molecular weight is 315 g/mol. The third-order valence-electron chi connectivity index (χ3n) is 3.11. The van der Waals surface area contributed by atoms with Crippen molar-refractivity contribution in [3.63, 3.8) is 0 Å². The minimum Gasteiger partial charge on any atom is -0.495 e. The number of carboxylic acids is 1. The van der Waals surface area contributed by atoms with Gasteiger partial charge in [-0.25, -0.2) is 13.1 Å². The number of carboxylic acid groups (broad SMARTS) is 1. The quantitative estimate of drug-likeness (QED) is 0.763. The van der Waals surface area contributed by atoms with E-state index >= 15 is 0 Å². The van der Waals surface area contributed by atoms with Gasteiger partial charge in [0.1, 0.15) is 10.6 Å². The van der Waals surface area contributed by atoms with E-state index in [1.807, 2.05) is 6.92 Å². The lowest BCUT2D eigenvalue weighted by atomic mass is 10.1. The van der Waals surface area contributed by atoms with E-state index in [1.54, 1.807) is 19.1 Å². The molecule has 0 aliphatic rings. The van der Waals surface area contributed by atoms with Crippen molar-refractivity contribution in [3.8, 4) is 5.75 Å². The van der Waals surface area contributed by atoms with Crippen molar-refractivity contribution < 1.29 is 23.1 Å². The molecule has 1 unspecified atom stereocenters. The molecule has 0 amide bonds. The molecule has 6 nitrogen and oxygen atoms in total. The maximum absolute atomic E-state index is 12.3. The van der Waals surface area contributed by atoms with Gasteiger partial charge in [-0.3, -0.25) is 4.79 Å². The highest BCUT2D eigenvalue weighted by molar-refractivity contribution is 7.89. The van der Waals surface area contributed by atoms with Gasteiger partial charge in [-0.1, -0.05) is 19.4 Å². The summed E-state index contributed by atoms with van der Waals surface area (Å²) in [6.45, 7) is 3.49. The number of methoxy groups -OCH3 is 1. The summed E-state index contributed by atoms with van der Waals surface area (Å²) < 4.78 is 32.0. The lowest BCUT2D eigenvalue weighted by Crippen LogP contribution is -2.33. The highest BCUT2D eigenvalue weighted by Crippen LogP contribution is 2.24. The summed E-state index contributed by atoms with van der Waals surface area (Å²) in [6, 6.07) is 4.82. The Balaban J connectivity index is 2.96. The van der Waals surface area contributed by atoms with Crippen molar-refractivity contribution in [1.82, 2.24) is 4.72 Å². The van der Waals surface area contributed by atoms with Crippen molar-refractivity contribution in [2.75, 3.05) is 13.7 Å². The van der Waals surface area contributed by atoms with Gasteiger partial charge in [-0.15, -0.1) is 0 Å². The zero-order chi connectivity index (χ0) is 16.0. The van der Waals surface area contributed by atoms with Gasteiger partial charge in [0.25, 0.3) is 0 Å². The number of hydrogen-bond acceptors (Lipinski definition) is 4. The molecule has 0 aliphatic heterocycles. The summed E-state index contributed by atoms with van der Waals surface area (Å²) in [6.07, 6.45) is 1.09. The predicted molar refractivity (Wildman–Crippen MR) is 79.0 cm³/mol. The molecule has 1 rings (SSSR count). The van der Waals surface area contributed by atoms with Gasteiger partial charge in [0.2, 0.25) is 10.0 Å². The predicted octanol–water partition coefficient (Wildman–Crippen LogP) is 1.78. The smallest absolute Gasteiger partial charge is 0.307 e. The van der Waals surface area contributed by atoms with Crippen LogP contribution in [0.5, 0.6) is 5.75 Å². The van der Waals surface area contributed by atoms with E-state index in [1.165, 1.54) is 13.2 Å². The second-order valence-corrected chi connectivity index (χ2v) is 6.57. The van der Waals surface area contributed by atoms with E-state index in [9.17, 15) is 13.2 Å². The minimum atomic E-state index is -3.81. The van der Waals surface area contributed by atoms with Crippen LogP contribution in [0.15, 0.2) is 23.1 Å². The maximum Gasteiger partial charge on any atom is 0.307 e. The normalized spacial score (nSPS) is 12.9. The Bertz CT molecular complexity index is 597. The van der Waals surface area contributed by atoms with Gasteiger partial charge in [0.15, 0.2) is 0 Å². The molecule has 118 valence electrons. The first-order valence-electron chi connectivity index (χ1n) is 6.69. The van der Waals surface area contributed by atoms with Gasteiger partial charge >= 0.3 is 5.97 Å². The van der Waals surface area contributed by atoms with Gasteiger partial charge in [-0.2, -0.15) is 0 Å². The highest BCUT2D eigenvalue weighted by Gasteiger charge is 2.23. The van der Waals surface area contributed by atoms with Crippen LogP contribution in [0.1, 0.15) is 25.3 Å². The molecular weight excluding hydrogens is 294 g/mol. The Morgan fingerprint density at radius 2 is 2.10 bits per heavy atom. The summed E-state index contributed by atoms with van der Waals surface area (Å²) in [5, 5.41) is 9.06. The van der Waals surface area contributed by atoms with E-state index < -0.39 is 21.9 Å². The number of ether oxygens (including phenoxy) is 1. The Morgan fingerprint density at radius 1 is 1.43 bits per heavy atom. The molecule has 0 saturated carbocycles. The Labute approximate surface area is 125 Å². The molecule has 7 heteroatoms. The lowest BCUT2D eigenvalue weighted by Gasteiger charge is -2.14. The number of benzene rings is 1. The molecule has 0 saturated heterocycles. The first-order valence-corrected chi connectivity index (χ1v) is 8.17. The molecule has 1 atom stereocenters. The van der Waals surface area contributed by atoms with Crippen LogP contribution in [-0.4, -0.2) is 33.1 Å². The van der Waals surface area contributed by atoms with E-state index in [4.69, 9.17) is 9.84 Å². The maximum atomic E-state index is 12.3. The van der Waals surface area contributed by atoms with Crippen molar-refractivity contribution >= 4 is 16.0 Å². The van der Waals surface area contributed by atoms with Crippen LogP contribution in [0.3, 0.4) is 0 Å². The van der Waals surface area contributed by atoms with Crippen LogP contribution in [0.2, 0.25) is 0 Å². The number of carbonyl (C=O) groups is 1. The molecular formula is C14H21NO5S. The molecule has 0 aliphatic carbocycles. The van der Waals surface area contributed by atoms with Crippen LogP contribution in [0.25, 0.3) is 0 Å². The second-order valence-electron chi connectivity index (χ2n) is 4.83. The van der Waals surface area contributed by atoms with Crippen LogP contribution in [0, 0.1) is 12.8 Å². The molecule has 1 aromatic carbocycles. The van der Waals surface area contributed by atoms with Crippen LogP contribution in [-0.2, 0) is 14.8 Å². The van der Waals surface area contributed by atoms with E-state index in [0.717, 1.165) is 5.56 Å². The van der Waals surface area contributed by atoms with Crippen LogP contribution in [0.4, 0.5) is 0 Å². The summed E-state index contributed by atoms with van der Waals surface area (Å²) in [7, 11) is -2.42. The summed E-state index contributed by atoms with van der Waals surface area (Å²) in [5.74, 6) is -1.51. The lowest BCUT2D eigenvalue weighted by molar-refractivity contribution is -0.141. The first kappa shape index (κ1) is 17.5. The van der Waals surface area contributed by atoms with Gasteiger partial charge in [-0.05, 0) is 31.0 Å². The van der Waals surface area contributed by atoms with E-state index in [0.29, 0.717) is 12.8 Å². The molecule has 0 spiro atoms.